The summed E-state index contributed by atoms with van der Waals surface area (Å²) in [6.07, 6.45) is 21.0. The Morgan fingerprint density at radius 2 is 0.453 bits per heavy atom. The number of fused-ring (bicyclic) bond motifs is 25. The Balaban J connectivity index is 0.0000000957. The van der Waals surface area contributed by atoms with Gasteiger partial charge < -0.3 is 32.4 Å². The summed E-state index contributed by atoms with van der Waals surface area (Å²) in [5.74, 6) is 9.86. The van der Waals surface area contributed by atoms with Crippen molar-refractivity contribution in [2.45, 2.75) is 113 Å². The Morgan fingerprint density at radius 1 is 0.173 bits per heavy atom. The van der Waals surface area contributed by atoms with Gasteiger partial charge in [-0.1, -0.05) is 231 Å². The Hall–Kier alpha value is -15.7. The van der Waals surface area contributed by atoms with Crippen LogP contribution in [-0.4, -0.2) is 0 Å². The summed E-state index contributed by atoms with van der Waals surface area (Å²) >= 11 is 1.88. The number of furan rings is 4. The third kappa shape index (κ3) is 12.3. The van der Waals surface area contributed by atoms with E-state index in [1.165, 1.54) is 200 Å². The van der Waals surface area contributed by atoms with Crippen molar-refractivity contribution in [3.63, 3.8) is 0 Å². The summed E-state index contributed by atoms with van der Waals surface area (Å²) in [6.45, 7) is 0. The lowest BCUT2D eigenvalue weighted by Crippen LogP contribution is -2.55. The molecule has 0 radical (unpaired) electrons. The lowest BCUT2D eigenvalue weighted by molar-refractivity contribution is -0.0399. The molecular weight excluding hydrogens is 1840 g/mol. The SMILES string of the molecule is c1ccc2c(c1)-c1ccc(N(c3ccc(-c4ccc5ccccc5c4)cc3)c3ccc4c(c3)oc3ccccc34)cc1C21C2CC3CC(C2)CC1C3.c1ccc2c(c1)-c1ccc(N(c3ccc4c(c3)oc3ccccc34)c3ccc4oc5ccccc5c4c3)cc1C21C2CC3CC(C2)CC1C3.c1ccc2c(c1)-c1ccc(N(c3ccc4c(c3)oc3ccccc34)c3ccc4sc5ccccc5c4c3)cc1C21C2CC3CC(C2)CC1C3. The van der Waals surface area contributed by atoms with Crippen LogP contribution in [0, 0.1) is 71.0 Å². The van der Waals surface area contributed by atoms with Gasteiger partial charge in [0.05, 0.1) is 0 Å². The molecule has 12 fully saturated rings. The zero-order valence-corrected chi connectivity index (χ0v) is 84.4. The zero-order chi connectivity index (χ0) is 97.7. The second kappa shape index (κ2) is 32.2. The van der Waals surface area contributed by atoms with Crippen LogP contribution in [0.2, 0.25) is 0 Å². The molecule has 722 valence electrons. The van der Waals surface area contributed by atoms with E-state index >= 15 is 0 Å². The van der Waals surface area contributed by atoms with Gasteiger partial charge >= 0.3 is 0 Å². The fourth-order valence-corrected chi connectivity index (χ4v) is 35.7. The van der Waals surface area contributed by atoms with Crippen LogP contribution in [0.4, 0.5) is 51.2 Å². The first kappa shape index (κ1) is 85.2. The van der Waals surface area contributed by atoms with Gasteiger partial charge in [0.15, 0.2) is 0 Å². The van der Waals surface area contributed by atoms with Gasteiger partial charge in [-0.05, 0) is 414 Å². The van der Waals surface area contributed by atoms with Crippen molar-refractivity contribution in [1.82, 2.24) is 0 Å². The van der Waals surface area contributed by atoms with E-state index in [1.54, 1.807) is 33.4 Å². The summed E-state index contributed by atoms with van der Waals surface area (Å²) in [5.41, 5.74) is 38.8. The van der Waals surface area contributed by atoms with Crippen molar-refractivity contribution in [3.8, 4) is 44.5 Å². The van der Waals surface area contributed by atoms with Gasteiger partial charge in [0.1, 0.15) is 44.7 Å². The van der Waals surface area contributed by atoms with E-state index in [2.05, 4.69) is 409 Å². The molecule has 0 atom stereocenters. The van der Waals surface area contributed by atoms with Gasteiger partial charge in [0.2, 0.25) is 0 Å². The number of para-hydroxylation sites is 4. The first-order valence-corrected chi connectivity index (χ1v) is 56.3. The average molecular weight is 1950 g/mol. The summed E-state index contributed by atoms with van der Waals surface area (Å²) in [6, 6.07) is 151. The molecule has 24 aromatic rings. The third-order valence-electron chi connectivity index (χ3n) is 39.7. The summed E-state index contributed by atoms with van der Waals surface area (Å²) in [4.78, 5) is 7.40. The smallest absolute Gasteiger partial charge is 0.137 e. The summed E-state index contributed by atoms with van der Waals surface area (Å²) in [5, 5.41) is 14.4. The lowest BCUT2D eigenvalue weighted by Gasteiger charge is -2.61. The van der Waals surface area contributed by atoms with Crippen molar-refractivity contribution >= 4 is 181 Å². The van der Waals surface area contributed by atoms with E-state index in [-0.39, 0.29) is 16.2 Å². The highest BCUT2D eigenvalue weighted by Crippen LogP contribution is 2.74. The second-order valence-corrected chi connectivity index (χ2v) is 47.9. The largest absolute Gasteiger partial charge is 0.456 e. The van der Waals surface area contributed by atoms with Crippen LogP contribution in [0.25, 0.3) is 163 Å². The molecule has 0 aliphatic heterocycles. The molecule has 3 spiro atoms. The van der Waals surface area contributed by atoms with Gasteiger partial charge in [-0.15, -0.1) is 11.3 Å². The number of thiophene rings is 1. The molecule has 19 aromatic carbocycles. The molecule has 7 nitrogen and oxygen atoms in total. The monoisotopic (exact) mass is 1950 g/mol. The van der Waals surface area contributed by atoms with Crippen LogP contribution in [0.15, 0.2) is 424 Å². The first-order chi connectivity index (χ1) is 74.1. The molecule has 15 aliphatic rings. The quantitative estimate of drug-likeness (QED) is 0.135. The number of anilines is 9. The molecule has 0 N–H and O–H groups in total. The Labute approximate surface area is 875 Å². The van der Waals surface area contributed by atoms with E-state index in [4.69, 9.17) is 17.7 Å². The van der Waals surface area contributed by atoms with Gasteiger partial charge in [-0.25, -0.2) is 0 Å². The van der Waals surface area contributed by atoms with Gasteiger partial charge in [0.25, 0.3) is 0 Å². The van der Waals surface area contributed by atoms with Gasteiger partial charge in [-0.2, -0.15) is 0 Å². The minimum absolute atomic E-state index is 0.106. The molecule has 15 aliphatic carbocycles. The summed E-state index contributed by atoms with van der Waals surface area (Å²) < 4.78 is 28.4. The van der Waals surface area contributed by atoms with Crippen molar-refractivity contribution in [2.24, 2.45) is 71.0 Å². The predicted octanol–water partition coefficient (Wildman–Crippen LogP) is 39.4. The molecule has 5 aromatic heterocycles. The first-order valence-electron chi connectivity index (χ1n) is 55.4. The standard InChI is InChI=1S/C50H39NO.C46H35NO2.C46H35NOS/c1-2-8-35-28-36(14-13-33(35)7-1)34-15-17-39(18-16-34)51(41-20-22-45-44-10-4-6-12-48(44)52-49(45)30-41)40-19-21-43-42-9-3-5-11-46(42)50(47(43)29-40)37-24-31-23-32(26-37)27-38(50)25-31;1-4-10-40-34(7-1)35-16-13-32(25-41(35)46(40)29-20-27-19-28(22-29)23-30(46)21-27)47(31-15-18-44-39(24-31)37-9-3-6-12-43(37)48-44)33-14-17-38-36-8-2-5-11-42(36)49-45(38)26-33;1-4-10-40-34(7-1)35-16-13-32(25-41(35)46(40)29-20-27-19-28(22-29)23-30(46)21-27)47(31-15-18-45-39(24-31)38-9-3-6-12-44(38)49-45)33-14-17-37-36-8-2-5-11-42(36)48-43(37)26-33/h1-22,28-32,37-38H,23-27H2;2*1-18,24-30H,19-23H2. The van der Waals surface area contributed by atoms with Crippen molar-refractivity contribution in [1.29, 1.82) is 0 Å². The van der Waals surface area contributed by atoms with Gasteiger partial charge in [-0.3, -0.25) is 0 Å². The number of nitrogens with zero attached hydrogens (tertiary/aromatic N) is 3. The molecule has 150 heavy (non-hydrogen) atoms. The highest BCUT2D eigenvalue weighted by Gasteiger charge is 2.65. The van der Waals surface area contributed by atoms with Crippen LogP contribution in [0.3, 0.4) is 0 Å². The number of hydrogen-bond donors (Lipinski definition) is 0. The molecular formula is C142H109N3O4S. The van der Waals surface area contributed by atoms with Crippen LogP contribution < -0.4 is 14.7 Å². The van der Waals surface area contributed by atoms with Gasteiger partial charge in [0, 0.05) is 149 Å². The van der Waals surface area contributed by atoms with E-state index in [0.717, 1.165) is 182 Å². The van der Waals surface area contributed by atoms with E-state index in [9.17, 15) is 0 Å². The highest BCUT2D eigenvalue weighted by atomic mass is 32.1. The maximum absolute atomic E-state index is 6.48. The van der Waals surface area contributed by atoms with Crippen LogP contribution in [-0.2, 0) is 16.2 Å². The van der Waals surface area contributed by atoms with E-state index in [1.807, 2.05) is 23.5 Å². The maximum atomic E-state index is 6.48. The average Bonchev–Trinajstić information content (AvgIpc) is 1.51. The zero-order valence-electron chi connectivity index (χ0n) is 83.6. The molecule has 0 amide bonds. The van der Waals surface area contributed by atoms with E-state index in [0.29, 0.717) is 0 Å². The summed E-state index contributed by atoms with van der Waals surface area (Å²) in [7, 11) is 0. The van der Waals surface area contributed by atoms with Crippen LogP contribution in [0.1, 0.15) is 130 Å². The normalized spacial score (nSPS) is 24.5. The van der Waals surface area contributed by atoms with E-state index < -0.39 is 0 Å². The molecule has 0 saturated heterocycles. The minimum atomic E-state index is 0.106. The number of benzene rings is 19. The fraction of sp³-hybridized carbons (Fsp3) is 0.211. The Bertz CT molecular complexity index is 9340. The molecule has 39 rings (SSSR count). The topological polar surface area (TPSA) is 62.3 Å². The number of hydrogen-bond acceptors (Lipinski definition) is 8. The van der Waals surface area contributed by atoms with Crippen molar-refractivity contribution in [3.05, 3.63) is 440 Å². The Kier molecular flexibility index (Phi) is 18.3. The minimum Gasteiger partial charge on any atom is -0.456 e. The number of rotatable bonds is 10. The lowest BCUT2D eigenvalue weighted by atomic mass is 9.43. The van der Waals surface area contributed by atoms with Crippen molar-refractivity contribution < 1.29 is 17.7 Å². The third-order valence-corrected chi connectivity index (χ3v) is 40.8. The molecule has 8 heteroatoms. The molecule has 5 heterocycles. The molecule has 12 bridgehead atoms. The van der Waals surface area contributed by atoms with Crippen molar-refractivity contribution in [2.75, 3.05) is 14.7 Å². The maximum Gasteiger partial charge on any atom is 0.137 e. The second-order valence-electron chi connectivity index (χ2n) is 46.9. The predicted molar refractivity (Wildman–Crippen MR) is 618 cm³/mol. The molecule has 12 saturated carbocycles. The fourth-order valence-electron chi connectivity index (χ4n) is 34.6. The van der Waals surface area contributed by atoms with Crippen LogP contribution in [0.5, 0.6) is 0 Å². The van der Waals surface area contributed by atoms with Crippen LogP contribution >= 0.6 is 11.3 Å². The molecule has 0 unspecified atom stereocenters. The Morgan fingerprint density at radius 3 is 0.880 bits per heavy atom. The highest BCUT2D eigenvalue weighted by molar-refractivity contribution is 7.25.